The van der Waals surface area contributed by atoms with Gasteiger partial charge in [0.05, 0.1) is 0 Å². The van der Waals surface area contributed by atoms with Crippen molar-refractivity contribution >= 4 is 23.2 Å². The van der Waals surface area contributed by atoms with Gasteiger partial charge in [-0.05, 0) is 43.9 Å². The largest absolute Gasteiger partial charge is 0.479 e. The number of hydrogen-bond donors (Lipinski definition) is 2. The highest BCUT2D eigenvalue weighted by molar-refractivity contribution is 7.12. The van der Waals surface area contributed by atoms with Gasteiger partial charge >= 0.3 is 5.97 Å². The van der Waals surface area contributed by atoms with Crippen molar-refractivity contribution in [2.24, 2.45) is 0 Å². The topological polar surface area (TPSA) is 66.4 Å². The molecule has 1 amide bonds. The van der Waals surface area contributed by atoms with E-state index >= 15 is 0 Å². The van der Waals surface area contributed by atoms with Crippen LogP contribution in [0.5, 0.6) is 0 Å². The Morgan fingerprint density at radius 1 is 1.22 bits per heavy atom. The number of amides is 1. The van der Waals surface area contributed by atoms with Crippen molar-refractivity contribution in [3.8, 4) is 0 Å². The van der Waals surface area contributed by atoms with Gasteiger partial charge in [-0.25, -0.2) is 4.79 Å². The molecule has 0 bridgehead atoms. The third-order valence-corrected chi connectivity index (χ3v) is 4.69. The van der Waals surface area contributed by atoms with Crippen LogP contribution in [0, 0.1) is 13.8 Å². The van der Waals surface area contributed by atoms with Crippen LogP contribution in [0.4, 0.5) is 0 Å². The van der Waals surface area contributed by atoms with Crippen LogP contribution in [-0.4, -0.2) is 17.0 Å². The van der Waals surface area contributed by atoms with Crippen LogP contribution in [-0.2, 0) is 16.0 Å². The van der Waals surface area contributed by atoms with E-state index in [2.05, 4.69) is 25.2 Å². The van der Waals surface area contributed by atoms with E-state index in [1.54, 1.807) is 35.6 Å². The molecule has 122 valence electrons. The van der Waals surface area contributed by atoms with Crippen molar-refractivity contribution in [2.75, 3.05) is 0 Å². The van der Waals surface area contributed by atoms with Crippen molar-refractivity contribution in [2.45, 2.75) is 39.2 Å². The van der Waals surface area contributed by atoms with E-state index in [-0.39, 0.29) is 5.91 Å². The number of carboxylic acids is 1. The second-order valence-corrected chi connectivity index (χ2v) is 7.00. The fraction of sp³-hybridized carbons (Fsp3) is 0.333. The molecule has 23 heavy (non-hydrogen) atoms. The van der Waals surface area contributed by atoms with Crippen molar-refractivity contribution in [3.63, 3.8) is 0 Å². The number of carbonyl (C=O) groups excluding carboxylic acids is 1. The molecule has 2 N–H and O–H groups in total. The Morgan fingerprint density at radius 2 is 1.91 bits per heavy atom. The molecule has 1 aromatic carbocycles. The molecule has 2 rings (SSSR count). The van der Waals surface area contributed by atoms with E-state index in [0.29, 0.717) is 18.4 Å². The SMILES string of the molecule is Cc1cc(CCCC(=O)NC(C(=O)O)c2ccccc2)c(C)s1. The van der Waals surface area contributed by atoms with Crippen molar-refractivity contribution in [3.05, 3.63) is 57.3 Å². The van der Waals surface area contributed by atoms with Crippen LogP contribution in [0.25, 0.3) is 0 Å². The van der Waals surface area contributed by atoms with Gasteiger partial charge in [-0.2, -0.15) is 0 Å². The number of carbonyl (C=O) groups is 2. The zero-order valence-corrected chi connectivity index (χ0v) is 14.2. The molecular weight excluding hydrogens is 310 g/mol. The Balaban J connectivity index is 1.87. The highest BCUT2D eigenvalue weighted by Crippen LogP contribution is 2.22. The maximum Gasteiger partial charge on any atom is 0.330 e. The molecule has 0 aliphatic rings. The summed E-state index contributed by atoms with van der Waals surface area (Å²) in [4.78, 5) is 26.0. The van der Waals surface area contributed by atoms with Gasteiger partial charge in [-0.1, -0.05) is 30.3 Å². The number of benzene rings is 1. The minimum Gasteiger partial charge on any atom is -0.479 e. The van der Waals surface area contributed by atoms with E-state index in [1.165, 1.54) is 15.3 Å². The first-order valence-electron chi connectivity index (χ1n) is 7.60. The zero-order chi connectivity index (χ0) is 16.8. The van der Waals surface area contributed by atoms with E-state index in [4.69, 9.17) is 0 Å². The van der Waals surface area contributed by atoms with Crippen molar-refractivity contribution in [1.29, 1.82) is 0 Å². The summed E-state index contributed by atoms with van der Waals surface area (Å²) in [5.74, 6) is -1.28. The molecule has 4 nitrogen and oxygen atoms in total. The molecule has 5 heteroatoms. The molecule has 1 heterocycles. The summed E-state index contributed by atoms with van der Waals surface area (Å²) in [7, 11) is 0. The summed E-state index contributed by atoms with van der Waals surface area (Å²) in [6.45, 7) is 4.16. The van der Waals surface area contributed by atoms with Crippen LogP contribution in [0.2, 0.25) is 0 Å². The molecule has 1 atom stereocenters. The number of thiophene rings is 1. The molecule has 0 saturated carbocycles. The predicted octanol–water partition coefficient (Wildman–Crippen LogP) is 3.63. The minimum atomic E-state index is -1.05. The summed E-state index contributed by atoms with van der Waals surface area (Å²) in [5.41, 5.74) is 1.86. The maximum absolute atomic E-state index is 12.0. The van der Waals surface area contributed by atoms with Gasteiger partial charge in [0.2, 0.25) is 5.91 Å². The zero-order valence-electron chi connectivity index (χ0n) is 13.3. The van der Waals surface area contributed by atoms with Gasteiger partial charge in [-0.15, -0.1) is 11.3 Å². The van der Waals surface area contributed by atoms with E-state index in [0.717, 1.165) is 6.42 Å². The van der Waals surface area contributed by atoms with Crippen LogP contribution in [0.3, 0.4) is 0 Å². The van der Waals surface area contributed by atoms with E-state index < -0.39 is 12.0 Å². The first-order chi connectivity index (χ1) is 11.0. The first-order valence-corrected chi connectivity index (χ1v) is 8.42. The summed E-state index contributed by atoms with van der Waals surface area (Å²) in [6, 6.07) is 9.91. The third-order valence-electron chi connectivity index (χ3n) is 3.68. The molecule has 1 aromatic heterocycles. The Bertz CT molecular complexity index is 679. The second-order valence-electron chi connectivity index (χ2n) is 5.54. The van der Waals surface area contributed by atoms with Crippen LogP contribution in [0.1, 0.15) is 39.8 Å². The summed E-state index contributed by atoms with van der Waals surface area (Å²) >= 11 is 1.76. The second kappa shape index (κ2) is 7.92. The average molecular weight is 331 g/mol. The molecule has 0 radical (unpaired) electrons. The van der Waals surface area contributed by atoms with Gasteiger partial charge in [0.25, 0.3) is 0 Å². The van der Waals surface area contributed by atoms with E-state index in [9.17, 15) is 14.7 Å². The first kappa shape index (κ1) is 17.2. The van der Waals surface area contributed by atoms with Crippen LogP contribution >= 0.6 is 11.3 Å². The number of carboxylic acid groups (broad SMARTS) is 1. The summed E-state index contributed by atoms with van der Waals surface area (Å²) < 4.78 is 0. The number of hydrogen-bond acceptors (Lipinski definition) is 3. The van der Waals surface area contributed by atoms with Gasteiger partial charge in [-0.3, -0.25) is 4.79 Å². The van der Waals surface area contributed by atoms with Crippen LogP contribution < -0.4 is 5.32 Å². The number of rotatable bonds is 7. The smallest absolute Gasteiger partial charge is 0.330 e. The fourth-order valence-electron chi connectivity index (χ4n) is 2.54. The van der Waals surface area contributed by atoms with Gasteiger partial charge in [0, 0.05) is 16.2 Å². The lowest BCUT2D eigenvalue weighted by Crippen LogP contribution is -2.33. The standard InChI is InChI=1S/C18H21NO3S/c1-12-11-15(13(2)23-12)9-6-10-16(20)19-17(18(21)22)14-7-4-3-5-8-14/h3-5,7-8,11,17H,6,9-10H2,1-2H3,(H,19,20)(H,21,22). The lowest BCUT2D eigenvalue weighted by atomic mass is 10.1. The Hall–Kier alpha value is -2.14. The van der Waals surface area contributed by atoms with Gasteiger partial charge in [0.15, 0.2) is 6.04 Å². The fourth-order valence-corrected chi connectivity index (χ4v) is 3.51. The predicted molar refractivity (Wildman–Crippen MR) is 91.7 cm³/mol. The molecular formula is C18H21NO3S. The summed E-state index contributed by atoms with van der Waals surface area (Å²) in [5, 5.41) is 11.9. The molecule has 0 spiro atoms. The molecule has 0 aliphatic heterocycles. The molecule has 0 saturated heterocycles. The average Bonchev–Trinajstić information content (AvgIpc) is 2.83. The number of aliphatic carboxylic acids is 1. The highest BCUT2D eigenvalue weighted by Gasteiger charge is 2.21. The van der Waals surface area contributed by atoms with E-state index in [1.807, 2.05) is 6.07 Å². The quantitative estimate of drug-likeness (QED) is 0.814. The number of aryl methyl sites for hydroxylation is 3. The van der Waals surface area contributed by atoms with Crippen molar-refractivity contribution < 1.29 is 14.7 Å². The third kappa shape index (κ3) is 4.93. The van der Waals surface area contributed by atoms with Crippen LogP contribution in [0.15, 0.2) is 36.4 Å². The lowest BCUT2D eigenvalue weighted by Gasteiger charge is -2.14. The summed E-state index contributed by atoms with van der Waals surface area (Å²) in [6.07, 6.45) is 1.88. The molecule has 1 unspecified atom stereocenters. The Kier molecular flexibility index (Phi) is 5.93. The molecule has 0 aliphatic carbocycles. The number of nitrogens with one attached hydrogen (secondary N) is 1. The monoisotopic (exact) mass is 331 g/mol. The molecule has 2 aromatic rings. The Morgan fingerprint density at radius 3 is 2.48 bits per heavy atom. The normalized spacial score (nSPS) is 11.9. The van der Waals surface area contributed by atoms with Gasteiger partial charge in [0.1, 0.15) is 0 Å². The maximum atomic E-state index is 12.0. The van der Waals surface area contributed by atoms with Gasteiger partial charge < -0.3 is 10.4 Å². The van der Waals surface area contributed by atoms with Crippen molar-refractivity contribution in [1.82, 2.24) is 5.32 Å². The minimum absolute atomic E-state index is 0.231. The Labute approximate surface area is 140 Å². The lowest BCUT2D eigenvalue weighted by molar-refractivity contribution is -0.142. The molecule has 0 fully saturated rings. The highest BCUT2D eigenvalue weighted by atomic mass is 32.1.